The average Bonchev–Trinajstić information content (AvgIpc) is 2.43. The van der Waals surface area contributed by atoms with Crippen LogP contribution in [0, 0.1) is 24.0 Å². The minimum Gasteiger partial charge on any atom is -0.477 e. The highest BCUT2D eigenvalue weighted by Crippen LogP contribution is 2.28. The number of aromatic nitrogens is 2. The first kappa shape index (κ1) is 14.4. The molecule has 0 saturated carbocycles. The summed E-state index contributed by atoms with van der Waals surface area (Å²) in [7, 11) is 0. The number of carboxylic acids is 1. The molecular formula is C13H11N3O5. The Morgan fingerprint density at radius 1 is 1.33 bits per heavy atom. The van der Waals surface area contributed by atoms with Gasteiger partial charge in [0.1, 0.15) is 11.3 Å². The van der Waals surface area contributed by atoms with Crippen LogP contribution in [0.15, 0.2) is 24.3 Å². The average molecular weight is 289 g/mol. The number of nitrogens with zero attached hydrogens (tertiary/aromatic N) is 3. The number of carboxylic acid groups (broad SMARTS) is 1. The van der Waals surface area contributed by atoms with Gasteiger partial charge in [-0.25, -0.2) is 4.79 Å². The number of benzene rings is 1. The van der Waals surface area contributed by atoms with E-state index in [1.54, 1.807) is 13.8 Å². The number of non-ortho nitro benzene ring substituents is 1. The van der Waals surface area contributed by atoms with Crippen LogP contribution in [0.25, 0.3) is 0 Å². The van der Waals surface area contributed by atoms with Gasteiger partial charge in [-0.2, -0.15) is 5.10 Å². The lowest BCUT2D eigenvalue weighted by Gasteiger charge is -2.10. The van der Waals surface area contributed by atoms with Gasteiger partial charge in [-0.3, -0.25) is 10.1 Å². The Morgan fingerprint density at radius 2 is 2.05 bits per heavy atom. The molecule has 0 amide bonds. The van der Waals surface area contributed by atoms with Crippen molar-refractivity contribution in [1.29, 1.82) is 0 Å². The highest BCUT2D eigenvalue weighted by atomic mass is 16.6. The minimum atomic E-state index is -1.20. The maximum Gasteiger partial charge on any atom is 0.341 e. The van der Waals surface area contributed by atoms with Gasteiger partial charge < -0.3 is 9.84 Å². The first-order valence-electron chi connectivity index (χ1n) is 5.89. The van der Waals surface area contributed by atoms with Crippen molar-refractivity contribution in [1.82, 2.24) is 10.2 Å². The number of hydrogen-bond donors (Lipinski definition) is 1. The van der Waals surface area contributed by atoms with Crippen molar-refractivity contribution < 1.29 is 19.6 Å². The first-order chi connectivity index (χ1) is 9.90. The molecule has 1 heterocycles. The summed E-state index contributed by atoms with van der Waals surface area (Å²) < 4.78 is 5.34. The third-order valence-corrected chi connectivity index (χ3v) is 2.88. The molecule has 21 heavy (non-hydrogen) atoms. The van der Waals surface area contributed by atoms with Crippen molar-refractivity contribution in [3.05, 3.63) is 51.2 Å². The Balaban J connectivity index is 2.45. The first-order valence-corrected chi connectivity index (χ1v) is 5.89. The molecule has 108 valence electrons. The summed E-state index contributed by atoms with van der Waals surface area (Å²) in [5.74, 6) is -1.29. The van der Waals surface area contributed by atoms with Gasteiger partial charge in [0.05, 0.1) is 16.7 Å². The van der Waals surface area contributed by atoms with Gasteiger partial charge in [-0.05, 0) is 25.5 Å². The number of ether oxygens (including phenoxy) is 1. The molecule has 2 rings (SSSR count). The highest BCUT2D eigenvalue weighted by molar-refractivity contribution is 5.92. The predicted octanol–water partition coefficient (Wildman–Crippen LogP) is 2.49. The van der Waals surface area contributed by atoms with E-state index in [0.717, 1.165) is 0 Å². The summed E-state index contributed by atoms with van der Waals surface area (Å²) in [6.07, 6.45) is 0. The van der Waals surface area contributed by atoms with Crippen LogP contribution in [0.5, 0.6) is 11.6 Å². The van der Waals surface area contributed by atoms with E-state index in [1.807, 2.05) is 0 Å². The molecule has 0 fully saturated rings. The van der Waals surface area contributed by atoms with Gasteiger partial charge in [0.2, 0.25) is 0 Å². The highest BCUT2D eigenvalue weighted by Gasteiger charge is 2.20. The molecule has 8 heteroatoms. The van der Waals surface area contributed by atoms with Crippen LogP contribution in [0.2, 0.25) is 0 Å². The summed E-state index contributed by atoms with van der Waals surface area (Å²) in [5, 5.41) is 27.5. The molecule has 0 spiro atoms. The molecule has 0 radical (unpaired) electrons. The van der Waals surface area contributed by atoms with Crippen LogP contribution in [0.4, 0.5) is 5.69 Å². The summed E-state index contributed by atoms with van der Waals surface area (Å²) >= 11 is 0. The van der Waals surface area contributed by atoms with E-state index in [0.29, 0.717) is 11.3 Å². The number of nitro groups is 1. The number of aryl methyl sites for hydroxylation is 1. The normalized spacial score (nSPS) is 10.2. The minimum absolute atomic E-state index is 0.115. The van der Waals surface area contributed by atoms with Crippen LogP contribution in [0.1, 0.15) is 21.6 Å². The predicted molar refractivity (Wildman–Crippen MR) is 71.6 cm³/mol. The molecule has 0 aliphatic heterocycles. The van der Waals surface area contributed by atoms with Gasteiger partial charge in [0, 0.05) is 6.07 Å². The van der Waals surface area contributed by atoms with E-state index < -0.39 is 10.9 Å². The number of carbonyl (C=O) groups is 1. The van der Waals surface area contributed by atoms with Crippen LogP contribution in [0.3, 0.4) is 0 Å². The van der Waals surface area contributed by atoms with Gasteiger partial charge >= 0.3 is 5.97 Å². The molecule has 2 aromatic rings. The van der Waals surface area contributed by atoms with Gasteiger partial charge in [-0.15, -0.1) is 5.10 Å². The molecule has 1 aromatic heterocycles. The molecule has 0 atom stereocenters. The smallest absolute Gasteiger partial charge is 0.341 e. The van der Waals surface area contributed by atoms with E-state index in [9.17, 15) is 20.0 Å². The molecule has 0 unspecified atom stereocenters. The Hall–Kier alpha value is -3.03. The third kappa shape index (κ3) is 2.94. The lowest BCUT2D eigenvalue weighted by atomic mass is 10.1. The molecule has 0 bridgehead atoms. The van der Waals surface area contributed by atoms with Crippen molar-refractivity contribution in [2.45, 2.75) is 13.8 Å². The van der Waals surface area contributed by atoms with E-state index in [1.165, 1.54) is 24.3 Å². The second kappa shape index (κ2) is 5.53. The maximum atomic E-state index is 11.3. The topological polar surface area (TPSA) is 115 Å². The van der Waals surface area contributed by atoms with Crippen molar-refractivity contribution in [3.8, 4) is 11.6 Å². The maximum absolute atomic E-state index is 11.3. The monoisotopic (exact) mass is 289 g/mol. The lowest BCUT2D eigenvalue weighted by molar-refractivity contribution is -0.384. The number of aromatic carboxylic acids is 1. The van der Waals surface area contributed by atoms with Gasteiger partial charge in [0.25, 0.3) is 11.6 Å². The molecule has 0 aliphatic rings. The van der Waals surface area contributed by atoms with E-state index in [4.69, 9.17) is 4.74 Å². The van der Waals surface area contributed by atoms with E-state index in [2.05, 4.69) is 10.2 Å². The second-order valence-corrected chi connectivity index (χ2v) is 4.25. The Labute approximate surface area is 119 Å². The van der Waals surface area contributed by atoms with Crippen LogP contribution >= 0.6 is 0 Å². The molecule has 1 aromatic carbocycles. The van der Waals surface area contributed by atoms with Crippen LogP contribution in [-0.4, -0.2) is 26.2 Å². The standard InChI is InChI=1S/C13H11N3O5/c1-7-8(2)14-15-12(11(7)13(17)18)21-10-5-3-4-9(6-10)16(19)20/h3-6H,1-2H3,(H,17,18). The number of nitro benzene ring substituents is 1. The molecule has 0 aliphatic carbocycles. The van der Waals surface area contributed by atoms with Crippen LogP contribution < -0.4 is 4.74 Å². The fourth-order valence-electron chi connectivity index (χ4n) is 1.68. The van der Waals surface area contributed by atoms with Crippen molar-refractivity contribution >= 4 is 11.7 Å². The largest absolute Gasteiger partial charge is 0.477 e. The number of rotatable bonds is 4. The summed E-state index contributed by atoms with van der Waals surface area (Å²) in [6, 6.07) is 5.39. The number of hydrogen-bond acceptors (Lipinski definition) is 6. The Morgan fingerprint density at radius 3 is 2.67 bits per heavy atom. The molecule has 1 N–H and O–H groups in total. The van der Waals surface area contributed by atoms with E-state index >= 15 is 0 Å². The zero-order valence-electron chi connectivity index (χ0n) is 11.2. The molecule has 8 nitrogen and oxygen atoms in total. The summed E-state index contributed by atoms with van der Waals surface area (Å²) in [6.45, 7) is 3.22. The summed E-state index contributed by atoms with van der Waals surface area (Å²) in [5.41, 5.74) is 0.617. The third-order valence-electron chi connectivity index (χ3n) is 2.88. The van der Waals surface area contributed by atoms with E-state index in [-0.39, 0.29) is 22.9 Å². The van der Waals surface area contributed by atoms with Crippen molar-refractivity contribution in [3.63, 3.8) is 0 Å². The van der Waals surface area contributed by atoms with Crippen molar-refractivity contribution in [2.75, 3.05) is 0 Å². The zero-order chi connectivity index (χ0) is 15.6. The quantitative estimate of drug-likeness (QED) is 0.678. The fraction of sp³-hybridized carbons (Fsp3) is 0.154. The fourth-order valence-corrected chi connectivity index (χ4v) is 1.68. The molecule has 0 saturated heterocycles. The SMILES string of the molecule is Cc1nnc(Oc2cccc([N+](=O)[O-])c2)c(C(=O)O)c1C. The summed E-state index contributed by atoms with van der Waals surface area (Å²) in [4.78, 5) is 21.4. The Bertz CT molecular complexity index is 730. The lowest BCUT2D eigenvalue weighted by Crippen LogP contribution is -2.08. The van der Waals surface area contributed by atoms with Gasteiger partial charge in [-0.1, -0.05) is 6.07 Å². The Kier molecular flexibility index (Phi) is 3.79. The van der Waals surface area contributed by atoms with Gasteiger partial charge in [0.15, 0.2) is 0 Å². The zero-order valence-corrected chi connectivity index (χ0v) is 11.2. The second-order valence-electron chi connectivity index (χ2n) is 4.25. The van der Waals surface area contributed by atoms with Crippen LogP contribution in [-0.2, 0) is 0 Å². The van der Waals surface area contributed by atoms with Crippen molar-refractivity contribution in [2.24, 2.45) is 0 Å². The molecular weight excluding hydrogens is 278 g/mol.